The molecule has 0 aromatic heterocycles. The van der Waals surface area contributed by atoms with Crippen LogP contribution in [-0.4, -0.2) is 28.6 Å². The van der Waals surface area contributed by atoms with Gasteiger partial charge in [0.2, 0.25) is 0 Å². The number of nitrogens with one attached hydrogen (secondary N) is 3. The maximum Gasteiger partial charge on any atom is 0.329 e. The highest BCUT2D eigenvalue weighted by molar-refractivity contribution is 6.31. The SMILES string of the molecule is Cc1cc(C)c(NC(=O)Nc2cc(Cl)ccc2C(=O)N[C@](C)(C(=O)O)C2CCCCC2)c(C)c1. The summed E-state index contributed by atoms with van der Waals surface area (Å²) < 4.78 is 0. The summed E-state index contributed by atoms with van der Waals surface area (Å²) in [6, 6.07) is 7.91. The molecule has 0 bridgehead atoms. The number of halogens is 1. The van der Waals surface area contributed by atoms with E-state index in [1.54, 1.807) is 6.92 Å². The molecular formula is C26H32ClN3O4. The third kappa shape index (κ3) is 5.70. The van der Waals surface area contributed by atoms with Crippen LogP contribution >= 0.6 is 11.6 Å². The van der Waals surface area contributed by atoms with Gasteiger partial charge in [-0.15, -0.1) is 0 Å². The lowest BCUT2D eigenvalue weighted by Gasteiger charge is -2.37. The van der Waals surface area contributed by atoms with Crippen molar-refractivity contribution in [3.63, 3.8) is 0 Å². The van der Waals surface area contributed by atoms with Crippen LogP contribution in [0.3, 0.4) is 0 Å². The van der Waals surface area contributed by atoms with Crippen molar-refractivity contribution >= 4 is 40.9 Å². The van der Waals surface area contributed by atoms with Crippen molar-refractivity contribution in [1.82, 2.24) is 5.32 Å². The molecule has 0 radical (unpaired) electrons. The van der Waals surface area contributed by atoms with Crippen molar-refractivity contribution in [2.75, 3.05) is 10.6 Å². The number of hydrogen-bond acceptors (Lipinski definition) is 3. The number of aliphatic carboxylic acids is 1. The topological polar surface area (TPSA) is 108 Å². The highest BCUT2D eigenvalue weighted by atomic mass is 35.5. The Kier molecular flexibility index (Phi) is 7.87. The zero-order valence-corrected chi connectivity index (χ0v) is 20.8. The first-order valence-electron chi connectivity index (χ1n) is 11.5. The highest BCUT2D eigenvalue weighted by Gasteiger charge is 2.43. The first-order chi connectivity index (χ1) is 16.0. The van der Waals surface area contributed by atoms with Crippen LogP contribution in [0.1, 0.15) is 66.1 Å². The predicted molar refractivity (Wildman–Crippen MR) is 135 cm³/mol. The molecular weight excluding hydrogens is 454 g/mol. The molecule has 0 heterocycles. The van der Waals surface area contributed by atoms with E-state index in [-0.39, 0.29) is 17.2 Å². The van der Waals surface area contributed by atoms with E-state index >= 15 is 0 Å². The molecule has 0 unspecified atom stereocenters. The maximum absolute atomic E-state index is 13.2. The second-order valence-electron chi connectivity index (χ2n) is 9.34. The summed E-state index contributed by atoms with van der Waals surface area (Å²) in [5.41, 5.74) is 2.54. The Morgan fingerprint density at radius 2 is 1.59 bits per heavy atom. The second kappa shape index (κ2) is 10.5. The fourth-order valence-electron chi connectivity index (χ4n) is 4.78. The van der Waals surface area contributed by atoms with Gasteiger partial charge in [-0.2, -0.15) is 0 Å². The molecule has 34 heavy (non-hydrogen) atoms. The minimum Gasteiger partial charge on any atom is -0.480 e. The monoisotopic (exact) mass is 485 g/mol. The Bertz CT molecular complexity index is 1090. The third-order valence-electron chi connectivity index (χ3n) is 6.63. The largest absolute Gasteiger partial charge is 0.480 e. The molecule has 3 amide bonds. The van der Waals surface area contributed by atoms with E-state index in [1.807, 2.05) is 32.9 Å². The number of carboxylic acids is 1. The van der Waals surface area contributed by atoms with E-state index in [0.717, 1.165) is 48.8 Å². The Hall–Kier alpha value is -3.06. The fourth-order valence-corrected chi connectivity index (χ4v) is 4.95. The average molecular weight is 486 g/mol. The smallest absolute Gasteiger partial charge is 0.329 e. The Balaban J connectivity index is 1.83. The Morgan fingerprint density at radius 3 is 2.18 bits per heavy atom. The number of urea groups is 1. The van der Waals surface area contributed by atoms with Crippen LogP contribution in [0.2, 0.25) is 5.02 Å². The van der Waals surface area contributed by atoms with Crippen molar-refractivity contribution in [3.8, 4) is 0 Å². The van der Waals surface area contributed by atoms with Crippen molar-refractivity contribution in [3.05, 3.63) is 57.6 Å². The Labute approximate surface area is 205 Å². The van der Waals surface area contributed by atoms with Gasteiger partial charge in [-0.05, 0) is 75.8 Å². The van der Waals surface area contributed by atoms with E-state index in [0.29, 0.717) is 10.7 Å². The molecule has 0 aliphatic heterocycles. The lowest BCUT2D eigenvalue weighted by atomic mass is 9.75. The normalized spacial score (nSPS) is 15.8. The molecule has 1 fully saturated rings. The molecule has 182 valence electrons. The summed E-state index contributed by atoms with van der Waals surface area (Å²) in [7, 11) is 0. The van der Waals surface area contributed by atoms with Crippen molar-refractivity contribution in [2.24, 2.45) is 5.92 Å². The summed E-state index contributed by atoms with van der Waals surface area (Å²) in [5, 5.41) is 18.6. The number of carbonyl (C=O) groups excluding carboxylic acids is 2. The van der Waals surface area contributed by atoms with Crippen LogP contribution in [0.15, 0.2) is 30.3 Å². The molecule has 1 aliphatic rings. The first kappa shape index (κ1) is 25.6. The predicted octanol–water partition coefficient (Wildman–Crippen LogP) is 6.06. The van der Waals surface area contributed by atoms with Crippen LogP contribution in [-0.2, 0) is 4.79 Å². The van der Waals surface area contributed by atoms with Gasteiger partial charge in [-0.25, -0.2) is 9.59 Å². The number of rotatable bonds is 6. The van der Waals surface area contributed by atoms with Crippen LogP contribution in [0, 0.1) is 26.7 Å². The van der Waals surface area contributed by atoms with Gasteiger partial charge < -0.3 is 21.1 Å². The first-order valence-corrected chi connectivity index (χ1v) is 11.9. The van der Waals surface area contributed by atoms with Gasteiger partial charge in [-0.1, -0.05) is 48.6 Å². The van der Waals surface area contributed by atoms with Crippen molar-refractivity contribution in [2.45, 2.75) is 65.3 Å². The molecule has 2 aromatic carbocycles. The molecule has 1 saturated carbocycles. The van der Waals surface area contributed by atoms with Crippen molar-refractivity contribution in [1.29, 1.82) is 0 Å². The number of anilines is 2. The zero-order chi connectivity index (χ0) is 25.0. The van der Waals surface area contributed by atoms with Crippen LogP contribution in [0.5, 0.6) is 0 Å². The van der Waals surface area contributed by atoms with Gasteiger partial charge in [0.25, 0.3) is 5.91 Å². The Morgan fingerprint density at radius 1 is 0.971 bits per heavy atom. The average Bonchev–Trinajstić information content (AvgIpc) is 2.76. The number of aryl methyl sites for hydroxylation is 3. The van der Waals surface area contributed by atoms with Crippen LogP contribution < -0.4 is 16.0 Å². The van der Waals surface area contributed by atoms with Gasteiger partial charge in [-0.3, -0.25) is 4.79 Å². The van der Waals surface area contributed by atoms with E-state index in [4.69, 9.17) is 11.6 Å². The summed E-state index contributed by atoms with van der Waals surface area (Å²) in [5.74, 6) is -1.81. The molecule has 0 spiro atoms. The number of carbonyl (C=O) groups is 3. The summed E-state index contributed by atoms with van der Waals surface area (Å²) in [4.78, 5) is 38.2. The fraction of sp³-hybridized carbons (Fsp3) is 0.423. The van der Waals surface area contributed by atoms with Crippen LogP contribution in [0.25, 0.3) is 0 Å². The number of carboxylic acid groups (broad SMARTS) is 1. The molecule has 4 N–H and O–H groups in total. The standard InChI is InChI=1S/C26H32ClN3O4/c1-15-12-16(2)22(17(3)13-15)29-25(34)28-21-14-19(27)10-11-20(21)23(31)30-26(4,24(32)33)18-8-6-5-7-9-18/h10-14,18H,5-9H2,1-4H3,(H,30,31)(H,32,33)(H2,28,29,34)/t26-/m0/s1. The quantitative estimate of drug-likeness (QED) is 0.398. The third-order valence-corrected chi connectivity index (χ3v) is 6.86. The van der Waals surface area contributed by atoms with E-state index < -0.39 is 23.4 Å². The van der Waals surface area contributed by atoms with E-state index in [9.17, 15) is 19.5 Å². The van der Waals surface area contributed by atoms with Gasteiger partial charge in [0.05, 0.1) is 11.3 Å². The molecule has 2 aromatic rings. The van der Waals surface area contributed by atoms with Crippen molar-refractivity contribution < 1.29 is 19.5 Å². The minimum atomic E-state index is -1.41. The molecule has 0 saturated heterocycles. The zero-order valence-electron chi connectivity index (χ0n) is 20.0. The molecule has 8 heteroatoms. The van der Waals surface area contributed by atoms with Gasteiger partial charge >= 0.3 is 12.0 Å². The highest BCUT2D eigenvalue weighted by Crippen LogP contribution is 2.34. The van der Waals surface area contributed by atoms with Crippen LogP contribution in [0.4, 0.5) is 16.2 Å². The molecule has 7 nitrogen and oxygen atoms in total. The summed E-state index contributed by atoms with van der Waals surface area (Å²) >= 11 is 6.14. The molecule has 1 atom stereocenters. The number of hydrogen-bond donors (Lipinski definition) is 4. The summed E-state index contributed by atoms with van der Waals surface area (Å²) in [6.45, 7) is 7.36. The van der Waals surface area contributed by atoms with Gasteiger partial charge in [0.1, 0.15) is 5.54 Å². The molecule has 1 aliphatic carbocycles. The lowest BCUT2D eigenvalue weighted by molar-refractivity contribution is -0.146. The minimum absolute atomic E-state index is 0.139. The molecule has 3 rings (SSSR count). The van der Waals surface area contributed by atoms with E-state index in [1.165, 1.54) is 18.2 Å². The van der Waals surface area contributed by atoms with Gasteiger partial charge in [0, 0.05) is 10.7 Å². The lowest BCUT2D eigenvalue weighted by Crippen LogP contribution is -2.57. The second-order valence-corrected chi connectivity index (χ2v) is 9.78. The maximum atomic E-state index is 13.2. The summed E-state index contributed by atoms with van der Waals surface area (Å²) in [6.07, 6.45) is 4.43. The number of benzene rings is 2. The van der Waals surface area contributed by atoms with E-state index in [2.05, 4.69) is 16.0 Å². The van der Waals surface area contributed by atoms with Gasteiger partial charge in [0.15, 0.2) is 0 Å². The number of amides is 3.